The van der Waals surface area contributed by atoms with E-state index >= 15 is 0 Å². The lowest BCUT2D eigenvalue weighted by atomic mass is 9.91. The molecule has 3 rings (SSSR count). The summed E-state index contributed by atoms with van der Waals surface area (Å²) in [5, 5.41) is 3.46. The van der Waals surface area contributed by atoms with Gasteiger partial charge in [0, 0.05) is 26.2 Å². The normalized spacial score (nSPS) is 31.4. The molecule has 2 saturated heterocycles. The third-order valence-corrected chi connectivity index (χ3v) is 5.61. The highest BCUT2D eigenvalue weighted by Gasteiger charge is 2.33. The van der Waals surface area contributed by atoms with Crippen LogP contribution >= 0.6 is 0 Å². The summed E-state index contributed by atoms with van der Waals surface area (Å²) in [6.07, 6.45) is 8.81. The van der Waals surface area contributed by atoms with Gasteiger partial charge in [0.05, 0.1) is 18.3 Å². The predicted molar refractivity (Wildman–Crippen MR) is 93.7 cm³/mol. The molecule has 0 bridgehead atoms. The highest BCUT2D eigenvalue weighted by atomic mass is 16.5. The minimum Gasteiger partial charge on any atom is -0.378 e. The van der Waals surface area contributed by atoms with E-state index in [0.717, 1.165) is 25.4 Å². The monoisotopic (exact) mass is 324 g/mol. The molecule has 3 aliphatic rings. The van der Waals surface area contributed by atoms with Gasteiger partial charge in [-0.2, -0.15) is 0 Å². The standard InChI is InChI=1S/C19H36N2O2/c1-15(2)14-22-18-11-19(12-18)23-17-5-9-21(10-6-17)13-16-3-7-20-8-4-16/h15-20H,3-14H2,1-2H3. The van der Waals surface area contributed by atoms with Crippen molar-refractivity contribution in [3.8, 4) is 0 Å². The maximum atomic E-state index is 6.29. The molecule has 0 spiro atoms. The Kier molecular flexibility index (Phi) is 6.75. The van der Waals surface area contributed by atoms with Gasteiger partial charge in [-0.05, 0) is 63.5 Å². The van der Waals surface area contributed by atoms with Crippen LogP contribution in [0.3, 0.4) is 0 Å². The van der Waals surface area contributed by atoms with Gasteiger partial charge in [0.2, 0.25) is 0 Å². The zero-order valence-electron chi connectivity index (χ0n) is 15.1. The van der Waals surface area contributed by atoms with Crippen molar-refractivity contribution in [3.05, 3.63) is 0 Å². The Morgan fingerprint density at radius 2 is 1.65 bits per heavy atom. The molecule has 0 aromatic carbocycles. The molecule has 0 amide bonds. The van der Waals surface area contributed by atoms with Gasteiger partial charge < -0.3 is 19.7 Å². The van der Waals surface area contributed by atoms with E-state index in [0.29, 0.717) is 24.2 Å². The number of rotatable bonds is 7. The van der Waals surface area contributed by atoms with Crippen molar-refractivity contribution in [2.45, 2.75) is 70.7 Å². The van der Waals surface area contributed by atoms with Crippen LogP contribution in [0.25, 0.3) is 0 Å². The van der Waals surface area contributed by atoms with Crippen molar-refractivity contribution in [2.24, 2.45) is 11.8 Å². The Morgan fingerprint density at radius 1 is 0.957 bits per heavy atom. The first-order valence-corrected chi connectivity index (χ1v) is 9.89. The molecule has 1 N–H and O–H groups in total. The smallest absolute Gasteiger partial charge is 0.0628 e. The maximum absolute atomic E-state index is 6.29. The Hall–Kier alpha value is -0.160. The Labute approximate surface area is 142 Å². The summed E-state index contributed by atoms with van der Waals surface area (Å²) in [6.45, 7) is 11.5. The molecule has 2 heterocycles. The van der Waals surface area contributed by atoms with Crippen LogP contribution in [0.4, 0.5) is 0 Å². The van der Waals surface area contributed by atoms with Crippen molar-refractivity contribution in [3.63, 3.8) is 0 Å². The van der Waals surface area contributed by atoms with Crippen LogP contribution in [0.1, 0.15) is 52.4 Å². The van der Waals surface area contributed by atoms with Gasteiger partial charge in [-0.3, -0.25) is 0 Å². The maximum Gasteiger partial charge on any atom is 0.0628 e. The number of piperidine rings is 2. The number of nitrogens with one attached hydrogen (secondary N) is 1. The quantitative estimate of drug-likeness (QED) is 0.781. The van der Waals surface area contributed by atoms with E-state index in [1.54, 1.807) is 0 Å². The molecule has 0 radical (unpaired) electrons. The van der Waals surface area contributed by atoms with Gasteiger partial charge in [-0.25, -0.2) is 0 Å². The van der Waals surface area contributed by atoms with Crippen LogP contribution in [0.2, 0.25) is 0 Å². The third kappa shape index (κ3) is 5.70. The average molecular weight is 325 g/mol. The van der Waals surface area contributed by atoms with Crippen LogP contribution in [-0.2, 0) is 9.47 Å². The van der Waals surface area contributed by atoms with Gasteiger partial charge >= 0.3 is 0 Å². The van der Waals surface area contributed by atoms with Gasteiger partial charge in [0.15, 0.2) is 0 Å². The van der Waals surface area contributed by atoms with Gasteiger partial charge in [0.25, 0.3) is 0 Å². The predicted octanol–water partition coefficient (Wildman–Crippen LogP) is 2.67. The van der Waals surface area contributed by atoms with E-state index in [1.165, 1.54) is 58.4 Å². The first kappa shape index (κ1) is 17.7. The first-order chi connectivity index (χ1) is 11.2. The lowest BCUT2D eigenvalue weighted by Crippen LogP contribution is -2.45. The fourth-order valence-corrected chi connectivity index (χ4v) is 4.02. The molecule has 2 aliphatic heterocycles. The number of nitrogens with zero attached hydrogens (tertiary/aromatic N) is 1. The zero-order valence-corrected chi connectivity index (χ0v) is 15.1. The first-order valence-electron chi connectivity index (χ1n) is 9.89. The molecular weight excluding hydrogens is 288 g/mol. The molecule has 0 unspecified atom stereocenters. The lowest BCUT2D eigenvalue weighted by Gasteiger charge is -2.40. The van der Waals surface area contributed by atoms with Crippen LogP contribution in [0.15, 0.2) is 0 Å². The Morgan fingerprint density at radius 3 is 2.30 bits per heavy atom. The SMILES string of the molecule is CC(C)COC1CC(OC2CCN(CC3CCNCC3)CC2)C1. The van der Waals surface area contributed by atoms with E-state index < -0.39 is 0 Å². The minimum absolute atomic E-state index is 0.461. The molecule has 0 aromatic heterocycles. The molecule has 4 nitrogen and oxygen atoms in total. The van der Waals surface area contributed by atoms with Crippen LogP contribution < -0.4 is 5.32 Å². The summed E-state index contributed by atoms with van der Waals surface area (Å²) in [6, 6.07) is 0. The lowest BCUT2D eigenvalue weighted by molar-refractivity contribution is -0.138. The second-order valence-corrected chi connectivity index (χ2v) is 8.27. The van der Waals surface area contributed by atoms with Crippen molar-refractivity contribution >= 4 is 0 Å². The van der Waals surface area contributed by atoms with E-state index in [-0.39, 0.29) is 0 Å². The summed E-state index contributed by atoms with van der Waals surface area (Å²) in [7, 11) is 0. The van der Waals surface area contributed by atoms with E-state index in [4.69, 9.17) is 9.47 Å². The summed E-state index contributed by atoms with van der Waals surface area (Å²) >= 11 is 0. The van der Waals surface area contributed by atoms with Gasteiger partial charge in [-0.15, -0.1) is 0 Å². The molecule has 1 saturated carbocycles. The summed E-state index contributed by atoms with van der Waals surface area (Å²) in [5.41, 5.74) is 0. The van der Waals surface area contributed by atoms with Crippen molar-refractivity contribution < 1.29 is 9.47 Å². The van der Waals surface area contributed by atoms with Crippen LogP contribution in [0, 0.1) is 11.8 Å². The summed E-state index contributed by atoms with van der Waals surface area (Å²) in [4.78, 5) is 2.67. The van der Waals surface area contributed by atoms with Gasteiger partial charge in [0.1, 0.15) is 0 Å². The zero-order chi connectivity index (χ0) is 16.1. The Balaban J connectivity index is 1.25. The van der Waals surface area contributed by atoms with Gasteiger partial charge in [-0.1, -0.05) is 13.8 Å². The summed E-state index contributed by atoms with van der Waals surface area (Å²) < 4.78 is 12.2. The third-order valence-electron chi connectivity index (χ3n) is 5.61. The minimum atomic E-state index is 0.461. The molecule has 0 atom stereocenters. The fraction of sp³-hybridized carbons (Fsp3) is 1.00. The van der Waals surface area contributed by atoms with E-state index in [1.807, 2.05) is 0 Å². The number of ether oxygens (including phenoxy) is 2. The number of hydrogen-bond donors (Lipinski definition) is 1. The molecular formula is C19H36N2O2. The highest BCUT2D eigenvalue weighted by molar-refractivity contribution is 4.84. The largest absolute Gasteiger partial charge is 0.378 e. The second kappa shape index (κ2) is 8.80. The van der Waals surface area contributed by atoms with E-state index in [9.17, 15) is 0 Å². The molecule has 1 aliphatic carbocycles. The molecule has 4 heteroatoms. The Bertz CT molecular complexity index is 330. The van der Waals surface area contributed by atoms with Crippen molar-refractivity contribution in [1.29, 1.82) is 0 Å². The van der Waals surface area contributed by atoms with Crippen LogP contribution in [-0.4, -0.2) is 62.5 Å². The van der Waals surface area contributed by atoms with E-state index in [2.05, 4.69) is 24.1 Å². The van der Waals surface area contributed by atoms with Crippen molar-refractivity contribution in [1.82, 2.24) is 10.2 Å². The van der Waals surface area contributed by atoms with Crippen LogP contribution in [0.5, 0.6) is 0 Å². The molecule has 134 valence electrons. The highest BCUT2D eigenvalue weighted by Crippen LogP contribution is 2.30. The number of likely N-dealkylation sites (tertiary alicyclic amines) is 1. The second-order valence-electron chi connectivity index (χ2n) is 8.27. The summed E-state index contributed by atoms with van der Waals surface area (Å²) in [5.74, 6) is 1.55. The average Bonchev–Trinajstić information content (AvgIpc) is 2.52. The fourth-order valence-electron chi connectivity index (χ4n) is 4.02. The van der Waals surface area contributed by atoms with Crippen molar-refractivity contribution in [2.75, 3.05) is 39.3 Å². The topological polar surface area (TPSA) is 33.7 Å². The molecule has 3 fully saturated rings. The molecule has 23 heavy (non-hydrogen) atoms. The molecule has 0 aromatic rings. The number of hydrogen-bond acceptors (Lipinski definition) is 4.